The molecule has 3 heterocycles. The maximum Gasteiger partial charge on any atom is 0.392 e. The Kier molecular flexibility index (Phi) is 4.29. The van der Waals surface area contributed by atoms with E-state index in [-0.39, 0.29) is 31.8 Å². The molecule has 1 N–H and O–H groups in total. The molecule has 130 valence electrons. The SMILES string of the molecule is CCn1nccc1C(=O)NCc1nnc2n1CCC(C(F)(F)F)C2. The van der Waals surface area contributed by atoms with Gasteiger partial charge in [0.2, 0.25) is 0 Å². The van der Waals surface area contributed by atoms with Crippen LogP contribution in [-0.2, 0) is 26.1 Å². The lowest BCUT2D eigenvalue weighted by molar-refractivity contribution is -0.179. The molecule has 0 saturated carbocycles. The Morgan fingerprint density at radius 2 is 2.21 bits per heavy atom. The van der Waals surface area contributed by atoms with Gasteiger partial charge in [0.25, 0.3) is 5.91 Å². The van der Waals surface area contributed by atoms with E-state index in [0.29, 0.717) is 23.9 Å². The standard InChI is InChI=1S/C14H17F3N6O/c1-2-23-10(3-5-19-23)13(24)18-8-12-21-20-11-7-9(14(15,16)17)4-6-22(11)12/h3,5,9H,2,4,6-8H2,1H3,(H,18,24). The molecular formula is C14H17F3N6O. The third-order valence-corrected chi connectivity index (χ3v) is 4.15. The van der Waals surface area contributed by atoms with Crippen LogP contribution in [0, 0.1) is 5.92 Å². The van der Waals surface area contributed by atoms with Gasteiger partial charge in [-0.05, 0) is 19.4 Å². The zero-order valence-electron chi connectivity index (χ0n) is 13.0. The summed E-state index contributed by atoms with van der Waals surface area (Å²) in [4.78, 5) is 12.2. The summed E-state index contributed by atoms with van der Waals surface area (Å²) in [6.07, 6.45) is -2.86. The van der Waals surface area contributed by atoms with Gasteiger partial charge in [-0.25, -0.2) is 0 Å². The van der Waals surface area contributed by atoms with Crippen molar-refractivity contribution < 1.29 is 18.0 Å². The third kappa shape index (κ3) is 3.13. The van der Waals surface area contributed by atoms with Gasteiger partial charge in [-0.2, -0.15) is 18.3 Å². The van der Waals surface area contributed by atoms with Crippen molar-refractivity contribution in [3.05, 3.63) is 29.6 Å². The van der Waals surface area contributed by atoms with E-state index in [9.17, 15) is 18.0 Å². The quantitative estimate of drug-likeness (QED) is 0.914. The highest BCUT2D eigenvalue weighted by Crippen LogP contribution is 2.34. The lowest BCUT2D eigenvalue weighted by Crippen LogP contribution is -2.32. The van der Waals surface area contributed by atoms with Crippen LogP contribution in [0.15, 0.2) is 12.3 Å². The summed E-state index contributed by atoms with van der Waals surface area (Å²) in [6.45, 7) is 2.74. The van der Waals surface area contributed by atoms with Gasteiger partial charge >= 0.3 is 6.18 Å². The van der Waals surface area contributed by atoms with Gasteiger partial charge in [-0.15, -0.1) is 10.2 Å². The number of hydrogen-bond donors (Lipinski definition) is 1. The highest BCUT2D eigenvalue weighted by molar-refractivity contribution is 5.92. The zero-order valence-corrected chi connectivity index (χ0v) is 13.0. The van der Waals surface area contributed by atoms with Crippen LogP contribution in [0.1, 0.15) is 35.5 Å². The summed E-state index contributed by atoms with van der Waals surface area (Å²) >= 11 is 0. The van der Waals surface area contributed by atoms with Crippen LogP contribution in [0.4, 0.5) is 13.2 Å². The lowest BCUT2D eigenvalue weighted by Gasteiger charge is -2.25. The number of rotatable bonds is 4. The summed E-state index contributed by atoms with van der Waals surface area (Å²) in [5, 5.41) is 14.5. The molecule has 1 aliphatic rings. The largest absolute Gasteiger partial charge is 0.392 e. The van der Waals surface area contributed by atoms with Crippen LogP contribution in [0.25, 0.3) is 0 Å². The van der Waals surface area contributed by atoms with Crippen LogP contribution < -0.4 is 5.32 Å². The second-order valence-electron chi connectivity index (χ2n) is 5.63. The number of aryl methyl sites for hydroxylation is 1. The Bertz CT molecular complexity index is 735. The molecule has 0 spiro atoms. The number of nitrogens with zero attached hydrogens (tertiary/aromatic N) is 5. The highest BCUT2D eigenvalue weighted by atomic mass is 19.4. The number of nitrogens with one attached hydrogen (secondary N) is 1. The Morgan fingerprint density at radius 3 is 2.92 bits per heavy atom. The van der Waals surface area contributed by atoms with Gasteiger partial charge in [-0.1, -0.05) is 0 Å². The smallest absolute Gasteiger partial charge is 0.343 e. The number of carbonyl (C=O) groups excluding carboxylic acids is 1. The van der Waals surface area contributed by atoms with Gasteiger partial charge in [0.05, 0.1) is 12.5 Å². The van der Waals surface area contributed by atoms with E-state index in [1.807, 2.05) is 6.92 Å². The lowest BCUT2D eigenvalue weighted by atomic mass is 9.97. The van der Waals surface area contributed by atoms with E-state index in [4.69, 9.17) is 0 Å². The molecule has 1 unspecified atom stereocenters. The van der Waals surface area contributed by atoms with Gasteiger partial charge < -0.3 is 9.88 Å². The Morgan fingerprint density at radius 1 is 1.42 bits per heavy atom. The van der Waals surface area contributed by atoms with Crippen molar-refractivity contribution in [1.29, 1.82) is 0 Å². The predicted molar refractivity (Wildman–Crippen MR) is 77.0 cm³/mol. The van der Waals surface area contributed by atoms with Gasteiger partial charge in [-0.3, -0.25) is 9.48 Å². The zero-order chi connectivity index (χ0) is 17.3. The van der Waals surface area contributed by atoms with Crippen molar-refractivity contribution in [2.45, 2.75) is 45.6 Å². The molecule has 2 aromatic rings. The van der Waals surface area contributed by atoms with E-state index < -0.39 is 12.1 Å². The minimum Gasteiger partial charge on any atom is -0.343 e. The van der Waals surface area contributed by atoms with Crippen molar-refractivity contribution in [3.8, 4) is 0 Å². The van der Waals surface area contributed by atoms with Crippen molar-refractivity contribution >= 4 is 5.91 Å². The minimum absolute atomic E-state index is 0.00189. The molecular weight excluding hydrogens is 325 g/mol. The first kappa shape index (κ1) is 16.5. The number of carbonyl (C=O) groups is 1. The third-order valence-electron chi connectivity index (χ3n) is 4.15. The van der Waals surface area contributed by atoms with Crippen molar-refractivity contribution in [2.75, 3.05) is 0 Å². The summed E-state index contributed by atoms with van der Waals surface area (Å²) in [5.41, 5.74) is 0.424. The molecule has 1 aliphatic heterocycles. The molecule has 7 nitrogen and oxygen atoms in total. The van der Waals surface area contributed by atoms with Crippen LogP contribution in [0.5, 0.6) is 0 Å². The van der Waals surface area contributed by atoms with Crippen molar-refractivity contribution in [2.24, 2.45) is 5.92 Å². The molecule has 24 heavy (non-hydrogen) atoms. The number of fused-ring (bicyclic) bond motifs is 1. The number of hydrogen-bond acceptors (Lipinski definition) is 4. The predicted octanol–water partition coefficient (Wildman–Crippen LogP) is 1.55. The molecule has 0 aliphatic carbocycles. The first-order chi connectivity index (χ1) is 11.4. The van der Waals surface area contributed by atoms with Gasteiger partial charge in [0.15, 0.2) is 5.82 Å². The molecule has 1 atom stereocenters. The fourth-order valence-electron chi connectivity index (χ4n) is 2.83. The summed E-state index contributed by atoms with van der Waals surface area (Å²) < 4.78 is 41.6. The Hall–Kier alpha value is -2.39. The number of amides is 1. The molecule has 10 heteroatoms. The van der Waals surface area contributed by atoms with E-state index in [1.54, 1.807) is 15.3 Å². The number of halogens is 3. The van der Waals surface area contributed by atoms with Crippen molar-refractivity contribution in [1.82, 2.24) is 29.9 Å². The first-order valence-electron chi connectivity index (χ1n) is 7.67. The van der Waals surface area contributed by atoms with Gasteiger partial charge in [0.1, 0.15) is 11.5 Å². The fourth-order valence-corrected chi connectivity index (χ4v) is 2.83. The van der Waals surface area contributed by atoms with E-state index in [0.717, 1.165) is 0 Å². The Balaban J connectivity index is 1.66. The second kappa shape index (κ2) is 6.25. The molecule has 0 aromatic carbocycles. The normalized spacial score (nSPS) is 17.6. The Labute approximate surface area is 135 Å². The van der Waals surface area contributed by atoms with Crippen LogP contribution in [-0.4, -0.2) is 36.6 Å². The molecule has 1 amide bonds. The second-order valence-corrected chi connectivity index (χ2v) is 5.63. The van der Waals surface area contributed by atoms with E-state index >= 15 is 0 Å². The van der Waals surface area contributed by atoms with Gasteiger partial charge in [0, 0.05) is 25.7 Å². The topological polar surface area (TPSA) is 77.6 Å². The number of aromatic nitrogens is 5. The average Bonchev–Trinajstić information content (AvgIpc) is 3.17. The molecule has 3 rings (SSSR count). The van der Waals surface area contributed by atoms with Crippen LogP contribution in [0.3, 0.4) is 0 Å². The maximum atomic E-state index is 12.8. The first-order valence-corrected chi connectivity index (χ1v) is 7.67. The van der Waals surface area contributed by atoms with E-state index in [1.165, 1.54) is 6.20 Å². The molecule has 0 bridgehead atoms. The maximum absolute atomic E-state index is 12.8. The highest BCUT2D eigenvalue weighted by Gasteiger charge is 2.42. The summed E-state index contributed by atoms with van der Waals surface area (Å²) in [5.74, 6) is -0.917. The summed E-state index contributed by atoms with van der Waals surface area (Å²) in [7, 11) is 0. The van der Waals surface area contributed by atoms with E-state index in [2.05, 4.69) is 20.6 Å². The monoisotopic (exact) mass is 342 g/mol. The minimum atomic E-state index is -4.22. The van der Waals surface area contributed by atoms with Crippen molar-refractivity contribution in [3.63, 3.8) is 0 Å². The summed E-state index contributed by atoms with van der Waals surface area (Å²) in [6, 6.07) is 1.60. The fraction of sp³-hybridized carbons (Fsp3) is 0.571. The number of alkyl halides is 3. The average molecular weight is 342 g/mol. The van der Waals surface area contributed by atoms with Crippen LogP contribution >= 0.6 is 0 Å². The molecule has 0 radical (unpaired) electrons. The van der Waals surface area contributed by atoms with Crippen LogP contribution in [0.2, 0.25) is 0 Å². The molecule has 0 fully saturated rings. The molecule has 0 saturated heterocycles. The molecule has 2 aromatic heterocycles.